The van der Waals surface area contributed by atoms with Gasteiger partial charge in [-0.3, -0.25) is 9.59 Å². The van der Waals surface area contributed by atoms with Crippen LogP contribution in [0.3, 0.4) is 0 Å². The summed E-state index contributed by atoms with van der Waals surface area (Å²) in [5.41, 5.74) is 7.45. The van der Waals surface area contributed by atoms with Crippen molar-refractivity contribution in [2.45, 2.75) is 20.3 Å². The molecule has 0 atom stereocenters. The van der Waals surface area contributed by atoms with Crippen LogP contribution >= 0.6 is 0 Å². The third-order valence-corrected chi connectivity index (χ3v) is 2.50. The molecule has 0 saturated heterocycles. The van der Waals surface area contributed by atoms with Gasteiger partial charge >= 0.3 is 0 Å². The predicted octanol–water partition coefficient (Wildman–Crippen LogP) is 0.131. The zero-order chi connectivity index (χ0) is 15.7. The maximum atomic E-state index is 11.5. The van der Waals surface area contributed by atoms with Gasteiger partial charge in [0, 0.05) is 19.7 Å². The van der Waals surface area contributed by atoms with E-state index in [1.165, 1.54) is 4.90 Å². The standard InChI is InChI=1S/C11H19N5O.CH2O2/c1-5-8-7(2)10(15-11(12)14-8)13-6-9(17)16(3)4;2-1-3/h5-6H2,1-4H3,(H3,12,13,14,15);1H,(H,2,3). The van der Waals surface area contributed by atoms with Gasteiger partial charge < -0.3 is 21.1 Å². The van der Waals surface area contributed by atoms with E-state index >= 15 is 0 Å². The Labute approximate surface area is 118 Å². The highest BCUT2D eigenvalue weighted by atomic mass is 16.3. The molecule has 0 saturated carbocycles. The lowest BCUT2D eigenvalue weighted by Crippen LogP contribution is -2.29. The molecule has 8 nitrogen and oxygen atoms in total. The van der Waals surface area contributed by atoms with Crippen molar-refractivity contribution in [3.8, 4) is 0 Å². The Morgan fingerprint density at radius 1 is 1.45 bits per heavy atom. The van der Waals surface area contributed by atoms with Crippen molar-refractivity contribution in [1.29, 1.82) is 0 Å². The summed E-state index contributed by atoms with van der Waals surface area (Å²) in [6, 6.07) is 0. The van der Waals surface area contributed by atoms with Gasteiger partial charge in [-0.2, -0.15) is 4.98 Å². The van der Waals surface area contributed by atoms with Gasteiger partial charge in [0.05, 0.1) is 12.2 Å². The van der Waals surface area contributed by atoms with E-state index in [0.29, 0.717) is 5.82 Å². The molecule has 20 heavy (non-hydrogen) atoms. The van der Waals surface area contributed by atoms with Gasteiger partial charge in [-0.05, 0) is 13.3 Å². The minimum Gasteiger partial charge on any atom is -0.483 e. The lowest BCUT2D eigenvalue weighted by molar-refractivity contribution is -0.127. The number of hydrogen-bond acceptors (Lipinski definition) is 6. The summed E-state index contributed by atoms with van der Waals surface area (Å²) >= 11 is 0. The van der Waals surface area contributed by atoms with E-state index in [0.717, 1.165) is 17.7 Å². The van der Waals surface area contributed by atoms with Crippen LogP contribution in [0.2, 0.25) is 0 Å². The number of nitrogens with one attached hydrogen (secondary N) is 1. The molecule has 0 aliphatic carbocycles. The number of carboxylic acid groups (broad SMARTS) is 1. The Hall–Kier alpha value is -2.38. The molecule has 8 heteroatoms. The van der Waals surface area contributed by atoms with Gasteiger partial charge in [-0.15, -0.1) is 0 Å². The molecule has 0 aliphatic rings. The van der Waals surface area contributed by atoms with Crippen LogP contribution in [0.25, 0.3) is 0 Å². The number of likely N-dealkylation sites (N-methyl/N-ethyl adjacent to an activating group) is 1. The van der Waals surface area contributed by atoms with Crippen LogP contribution in [0.4, 0.5) is 11.8 Å². The zero-order valence-electron chi connectivity index (χ0n) is 12.2. The van der Waals surface area contributed by atoms with E-state index in [4.69, 9.17) is 15.6 Å². The largest absolute Gasteiger partial charge is 0.483 e. The second kappa shape index (κ2) is 8.68. The summed E-state index contributed by atoms with van der Waals surface area (Å²) in [6.07, 6.45) is 0.787. The summed E-state index contributed by atoms with van der Waals surface area (Å²) in [6.45, 7) is 3.87. The third-order valence-electron chi connectivity index (χ3n) is 2.50. The molecule has 0 spiro atoms. The number of rotatable bonds is 4. The van der Waals surface area contributed by atoms with Gasteiger partial charge in [-0.25, -0.2) is 4.98 Å². The number of carbonyl (C=O) groups is 2. The first-order valence-electron chi connectivity index (χ1n) is 6.02. The van der Waals surface area contributed by atoms with Crippen molar-refractivity contribution < 1.29 is 14.7 Å². The molecule has 0 bridgehead atoms. The summed E-state index contributed by atoms with van der Waals surface area (Å²) in [5, 5.41) is 9.88. The molecule has 1 amide bonds. The SMILES string of the molecule is CCc1nc(N)nc(NCC(=O)N(C)C)c1C.O=CO. The van der Waals surface area contributed by atoms with Crippen LogP contribution in [0.1, 0.15) is 18.2 Å². The number of nitrogens with zero attached hydrogens (tertiary/aromatic N) is 3. The Bertz CT molecular complexity index is 463. The molecular formula is C12H21N5O3. The van der Waals surface area contributed by atoms with E-state index in [9.17, 15) is 4.79 Å². The van der Waals surface area contributed by atoms with E-state index in [2.05, 4.69) is 15.3 Å². The molecule has 0 unspecified atom stereocenters. The highest BCUT2D eigenvalue weighted by Crippen LogP contribution is 2.16. The highest BCUT2D eigenvalue weighted by Gasteiger charge is 2.10. The first-order chi connectivity index (χ1) is 9.37. The van der Waals surface area contributed by atoms with E-state index in [1.54, 1.807) is 14.1 Å². The number of anilines is 2. The fourth-order valence-electron chi connectivity index (χ4n) is 1.42. The van der Waals surface area contributed by atoms with Crippen LogP contribution in [-0.4, -0.2) is 53.0 Å². The number of nitrogens with two attached hydrogens (primary N) is 1. The van der Waals surface area contributed by atoms with E-state index in [1.807, 2.05) is 13.8 Å². The first kappa shape index (κ1) is 17.6. The number of hydrogen-bond donors (Lipinski definition) is 3. The minimum absolute atomic E-state index is 0.0142. The summed E-state index contributed by atoms with van der Waals surface area (Å²) in [7, 11) is 3.42. The second-order valence-corrected chi connectivity index (χ2v) is 4.10. The molecule has 0 radical (unpaired) electrons. The van der Waals surface area contributed by atoms with Gasteiger partial charge in [0.2, 0.25) is 11.9 Å². The Balaban J connectivity index is 0.00000110. The third kappa shape index (κ3) is 5.51. The fourth-order valence-corrected chi connectivity index (χ4v) is 1.42. The van der Waals surface area contributed by atoms with Crippen LogP contribution in [0.5, 0.6) is 0 Å². The second-order valence-electron chi connectivity index (χ2n) is 4.10. The van der Waals surface area contributed by atoms with Crippen LogP contribution < -0.4 is 11.1 Å². The quantitative estimate of drug-likeness (QED) is 0.671. The van der Waals surface area contributed by atoms with Crippen LogP contribution in [-0.2, 0) is 16.0 Å². The monoisotopic (exact) mass is 283 g/mol. The lowest BCUT2D eigenvalue weighted by atomic mass is 10.2. The highest BCUT2D eigenvalue weighted by molar-refractivity contribution is 5.80. The van der Waals surface area contributed by atoms with E-state index < -0.39 is 0 Å². The molecule has 0 aromatic carbocycles. The fraction of sp³-hybridized carbons (Fsp3) is 0.500. The molecule has 1 rings (SSSR count). The number of aromatic nitrogens is 2. The first-order valence-corrected chi connectivity index (χ1v) is 6.02. The summed E-state index contributed by atoms with van der Waals surface area (Å²) < 4.78 is 0. The smallest absolute Gasteiger partial charge is 0.290 e. The topological polar surface area (TPSA) is 121 Å². The molecule has 112 valence electrons. The molecule has 1 heterocycles. The van der Waals surface area contributed by atoms with Gasteiger partial charge in [-0.1, -0.05) is 6.92 Å². The molecule has 1 aromatic heterocycles. The Morgan fingerprint density at radius 3 is 2.45 bits per heavy atom. The molecule has 4 N–H and O–H groups in total. The van der Waals surface area contributed by atoms with Gasteiger partial charge in [0.15, 0.2) is 0 Å². The van der Waals surface area contributed by atoms with E-state index in [-0.39, 0.29) is 24.9 Å². The maximum Gasteiger partial charge on any atom is 0.290 e. The van der Waals surface area contributed by atoms with Gasteiger partial charge in [0.25, 0.3) is 6.47 Å². The zero-order valence-corrected chi connectivity index (χ0v) is 12.2. The van der Waals surface area contributed by atoms with Crippen molar-refractivity contribution in [2.24, 2.45) is 0 Å². The Morgan fingerprint density at radius 2 is 2.00 bits per heavy atom. The van der Waals surface area contributed by atoms with Crippen molar-refractivity contribution in [1.82, 2.24) is 14.9 Å². The van der Waals surface area contributed by atoms with Gasteiger partial charge in [0.1, 0.15) is 5.82 Å². The number of aryl methyl sites for hydroxylation is 1. The van der Waals surface area contributed by atoms with Crippen LogP contribution in [0, 0.1) is 6.92 Å². The lowest BCUT2D eigenvalue weighted by Gasteiger charge is -2.14. The summed E-state index contributed by atoms with van der Waals surface area (Å²) in [5.74, 6) is 0.844. The average molecular weight is 283 g/mol. The maximum absolute atomic E-state index is 11.5. The number of carbonyl (C=O) groups excluding carboxylic acids is 1. The number of amides is 1. The van der Waals surface area contributed by atoms with Crippen LogP contribution in [0.15, 0.2) is 0 Å². The Kier molecular flexibility index (Phi) is 7.64. The van der Waals surface area contributed by atoms with Crippen molar-refractivity contribution in [3.63, 3.8) is 0 Å². The van der Waals surface area contributed by atoms with Crippen molar-refractivity contribution in [2.75, 3.05) is 31.7 Å². The molecular weight excluding hydrogens is 262 g/mol. The predicted molar refractivity (Wildman–Crippen MR) is 76.4 cm³/mol. The number of nitrogen functional groups attached to an aromatic ring is 1. The minimum atomic E-state index is -0.250. The normalized spacial score (nSPS) is 9.20. The summed E-state index contributed by atoms with van der Waals surface area (Å²) in [4.78, 5) is 29.6. The van der Waals surface area contributed by atoms with Crippen molar-refractivity contribution in [3.05, 3.63) is 11.3 Å². The molecule has 0 fully saturated rings. The molecule has 1 aromatic rings. The van der Waals surface area contributed by atoms with Crippen molar-refractivity contribution >= 4 is 24.1 Å². The average Bonchev–Trinajstić information content (AvgIpc) is 2.39. The molecule has 0 aliphatic heterocycles.